The summed E-state index contributed by atoms with van der Waals surface area (Å²) in [6, 6.07) is 15.3. The van der Waals surface area contributed by atoms with Gasteiger partial charge in [-0.2, -0.15) is 0 Å². The Labute approximate surface area is 172 Å². The lowest BCUT2D eigenvalue weighted by Crippen LogP contribution is -2.33. The van der Waals surface area contributed by atoms with E-state index in [9.17, 15) is 9.59 Å². The maximum atomic E-state index is 13.0. The third-order valence-corrected chi connectivity index (χ3v) is 4.86. The number of benzene rings is 2. The molecule has 0 unspecified atom stereocenters. The average molecular weight is 392 g/mol. The molecule has 1 aliphatic rings. The number of carbonyl (C=O) groups is 2. The summed E-state index contributed by atoms with van der Waals surface area (Å²) in [6.07, 6.45) is 2.59. The Kier molecular flexibility index (Phi) is 6.70. The van der Waals surface area contributed by atoms with Crippen molar-refractivity contribution in [2.45, 2.75) is 40.0 Å². The fourth-order valence-corrected chi connectivity index (χ4v) is 3.29. The number of aryl methyl sites for hydroxylation is 1. The Morgan fingerprint density at radius 3 is 2.14 bits per heavy atom. The quantitative estimate of drug-likeness (QED) is 0.632. The van der Waals surface area contributed by atoms with Gasteiger partial charge in [0.15, 0.2) is 0 Å². The number of imide groups is 1. The summed E-state index contributed by atoms with van der Waals surface area (Å²) in [5, 5.41) is 3.19. The third-order valence-electron chi connectivity index (χ3n) is 4.86. The van der Waals surface area contributed by atoms with E-state index in [1.165, 1.54) is 10.5 Å². The van der Waals surface area contributed by atoms with Crippen LogP contribution in [0.4, 0.5) is 5.69 Å². The van der Waals surface area contributed by atoms with Crippen LogP contribution in [0.5, 0.6) is 5.75 Å². The molecular formula is C24H28N2O3. The number of nitrogens with zero attached hydrogens (tertiary/aromatic N) is 1. The van der Waals surface area contributed by atoms with E-state index in [1.54, 1.807) is 0 Å². The number of anilines is 1. The molecule has 152 valence electrons. The maximum Gasteiger partial charge on any atom is 0.278 e. The molecule has 3 rings (SSSR count). The van der Waals surface area contributed by atoms with Gasteiger partial charge < -0.3 is 10.1 Å². The van der Waals surface area contributed by atoms with Gasteiger partial charge in [0.1, 0.15) is 11.4 Å². The van der Waals surface area contributed by atoms with Gasteiger partial charge in [0.05, 0.1) is 12.2 Å². The zero-order chi connectivity index (χ0) is 20.8. The molecule has 1 aliphatic heterocycles. The van der Waals surface area contributed by atoms with Crippen molar-refractivity contribution in [2.75, 3.05) is 18.5 Å². The minimum atomic E-state index is -0.280. The summed E-state index contributed by atoms with van der Waals surface area (Å²) in [5.41, 5.74) is 3.45. The van der Waals surface area contributed by atoms with E-state index in [-0.39, 0.29) is 11.8 Å². The van der Waals surface area contributed by atoms with Crippen LogP contribution in [-0.2, 0) is 16.0 Å². The van der Waals surface area contributed by atoms with Gasteiger partial charge in [-0.15, -0.1) is 0 Å². The van der Waals surface area contributed by atoms with Crippen LogP contribution in [-0.4, -0.2) is 29.9 Å². The van der Waals surface area contributed by atoms with E-state index in [4.69, 9.17) is 4.74 Å². The highest BCUT2D eigenvalue weighted by Crippen LogP contribution is 2.31. The lowest BCUT2D eigenvalue weighted by atomic mass is 10.0. The molecule has 0 radical (unpaired) electrons. The molecular weight excluding hydrogens is 364 g/mol. The minimum Gasteiger partial charge on any atom is -0.494 e. The first-order valence-corrected chi connectivity index (χ1v) is 10.3. The van der Waals surface area contributed by atoms with Crippen molar-refractivity contribution in [3.05, 3.63) is 65.4 Å². The van der Waals surface area contributed by atoms with Crippen molar-refractivity contribution in [3.8, 4) is 5.75 Å². The van der Waals surface area contributed by atoms with Crippen LogP contribution in [0.2, 0.25) is 0 Å². The highest BCUT2D eigenvalue weighted by molar-refractivity contribution is 6.36. The van der Waals surface area contributed by atoms with E-state index < -0.39 is 0 Å². The molecule has 0 bridgehead atoms. The first-order chi connectivity index (χ1) is 14.1. The van der Waals surface area contributed by atoms with Crippen LogP contribution >= 0.6 is 0 Å². The molecule has 5 heteroatoms. The third kappa shape index (κ3) is 4.50. The van der Waals surface area contributed by atoms with Crippen LogP contribution in [0, 0.1) is 0 Å². The summed E-state index contributed by atoms with van der Waals surface area (Å²) in [6.45, 7) is 7.14. The summed E-state index contributed by atoms with van der Waals surface area (Å²) in [7, 11) is 0. The largest absolute Gasteiger partial charge is 0.494 e. The molecule has 0 atom stereocenters. The minimum absolute atomic E-state index is 0.258. The second kappa shape index (κ2) is 9.41. The Balaban J connectivity index is 1.96. The smallest absolute Gasteiger partial charge is 0.278 e. The van der Waals surface area contributed by atoms with Crippen molar-refractivity contribution < 1.29 is 14.3 Å². The van der Waals surface area contributed by atoms with Crippen molar-refractivity contribution >= 4 is 23.1 Å². The lowest BCUT2D eigenvalue weighted by Gasteiger charge is -2.13. The Morgan fingerprint density at radius 2 is 1.55 bits per heavy atom. The lowest BCUT2D eigenvalue weighted by molar-refractivity contribution is -0.136. The van der Waals surface area contributed by atoms with Crippen molar-refractivity contribution in [2.24, 2.45) is 0 Å². The monoisotopic (exact) mass is 392 g/mol. The van der Waals surface area contributed by atoms with Crippen LogP contribution < -0.4 is 10.1 Å². The number of ether oxygens (including phenoxy) is 1. The second-order valence-electron chi connectivity index (χ2n) is 7.06. The zero-order valence-electron chi connectivity index (χ0n) is 17.3. The van der Waals surface area contributed by atoms with E-state index in [2.05, 4.69) is 19.2 Å². The number of rotatable bonds is 9. The fourth-order valence-electron chi connectivity index (χ4n) is 3.29. The van der Waals surface area contributed by atoms with Gasteiger partial charge in [-0.25, -0.2) is 0 Å². The SMILES string of the molecule is CCCOc1ccc(C2=C(Nc3ccc(CC)cc3)C(=O)N(CCC)C2=O)cc1. The number of hydrogen-bond donors (Lipinski definition) is 1. The molecule has 0 aliphatic carbocycles. The molecule has 1 heterocycles. The van der Waals surface area contributed by atoms with Crippen LogP contribution in [0.25, 0.3) is 5.57 Å². The Morgan fingerprint density at radius 1 is 0.862 bits per heavy atom. The molecule has 0 saturated carbocycles. The van der Waals surface area contributed by atoms with Gasteiger partial charge >= 0.3 is 0 Å². The maximum absolute atomic E-state index is 13.0. The summed E-state index contributed by atoms with van der Waals surface area (Å²) in [5.74, 6) is 0.215. The van der Waals surface area contributed by atoms with Crippen molar-refractivity contribution in [1.29, 1.82) is 0 Å². The fraction of sp³-hybridized carbons (Fsp3) is 0.333. The highest BCUT2D eigenvalue weighted by atomic mass is 16.5. The molecule has 0 saturated heterocycles. The predicted octanol–water partition coefficient (Wildman–Crippen LogP) is 4.64. The van der Waals surface area contributed by atoms with Gasteiger partial charge in [-0.1, -0.05) is 45.0 Å². The van der Waals surface area contributed by atoms with E-state index in [1.807, 2.05) is 55.5 Å². The molecule has 2 aromatic rings. The van der Waals surface area contributed by atoms with Gasteiger partial charge in [0.25, 0.3) is 11.8 Å². The summed E-state index contributed by atoms with van der Waals surface area (Å²) >= 11 is 0. The Hall–Kier alpha value is -3.08. The summed E-state index contributed by atoms with van der Waals surface area (Å²) in [4.78, 5) is 27.3. The molecule has 2 aromatic carbocycles. The first-order valence-electron chi connectivity index (χ1n) is 10.3. The number of amides is 2. The van der Waals surface area contributed by atoms with Gasteiger partial charge in [0.2, 0.25) is 0 Å². The topological polar surface area (TPSA) is 58.6 Å². The highest BCUT2D eigenvalue weighted by Gasteiger charge is 2.38. The molecule has 0 aromatic heterocycles. The van der Waals surface area contributed by atoms with Gasteiger partial charge in [-0.05, 0) is 54.7 Å². The number of hydrogen-bond acceptors (Lipinski definition) is 4. The van der Waals surface area contributed by atoms with Crippen molar-refractivity contribution in [3.63, 3.8) is 0 Å². The predicted molar refractivity (Wildman–Crippen MR) is 116 cm³/mol. The summed E-state index contributed by atoms with van der Waals surface area (Å²) < 4.78 is 5.63. The molecule has 1 N–H and O–H groups in total. The number of carbonyl (C=O) groups excluding carboxylic acids is 2. The van der Waals surface area contributed by atoms with Crippen LogP contribution in [0.15, 0.2) is 54.2 Å². The molecule has 0 fully saturated rings. The van der Waals surface area contributed by atoms with E-state index in [0.29, 0.717) is 36.4 Å². The molecule has 29 heavy (non-hydrogen) atoms. The van der Waals surface area contributed by atoms with Gasteiger partial charge in [-0.3, -0.25) is 14.5 Å². The molecule has 2 amide bonds. The van der Waals surface area contributed by atoms with Crippen LogP contribution in [0.3, 0.4) is 0 Å². The van der Waals surface area contributed by atoms with Crippen LogP contribution in [0.1, 0.15) is 44.7 Å². The standard InChI is InChI=1S/C24H28N2O3/c1-4-15-26-23(27)21(18-9-13-20(14-10-18)29-16-5-2)22(24(26)28)25-19-11-7-17(6-3)8-12-19/h7-14,25H,4-6,15-16H2,1-3H3. The number of nitrogens with one attached hydrogen (secondary N) is 1. The second-order valence-corrected chi connectivity index (χ2v) is 7.06. The van der Waals surface area contributed by atoms with E-state index in [0.717, 1.165) is 24.3 Å². The van der Waals surface area contributed by atoms with Crippen molar-refractivity contribution in [1.82, 2.24) is 4.90 Å². The average Bonchev–Trinajstić information content (AvgIpc) is 2.98. The van der Waals surface area contributed by atoms with Gasteiger partial charge in [0, 0.05) is 12.2 Å². The zero-order valence-corrected chi connectivity index (χ0v) is 17.3. The molecule has 5 nitrogen and oxygen atoms in total. The Bertz CT molecular complexity index is 899. The normalized spacial score (nSPS) is 14.0. The van der Waals surface area contributed by atoms with E-state index >= 15 is 0 Å². The molecule has 0 spiro atoms. The first kappa shape index (κ1) is 20.6.